The molecule has 0 amide bonds. The van der Waals surface area contributed by atoms with E-state index in [-0.39, 0.29) is 17.5 Å². The first kappa shape index (κ1) is 22.5. The molecule has 2 aromatic rings. The zero-order valence-corrected chi connectivity index (χ0v) is 19.3. The number of thioether (sulfide) groups is 1. The second-order valence-electron chi connectivity index (χ2n) is 8.00. The lowest BCUT2D eigenvalue weighted by Crippen LogP contribution is -2.21. The fourth-order valence-electron chi connectivity index (χ4n) is 4.30. The minimum Gasteiger partial charge on any atom is -0.512 e. The number of aliphatic hydroxyl groups excluding tert-OH is 1. The quantitative estimate of drug-likeness (QED) is 0.488. The van der Waals surface area contributed by atoms with Crippen molar-refractivity contribution in [3.05, 3.63) is 64.4 Å². The van der Waals surface area contributed by atoms with Crippen molar-refractivity contribution in [3.63, 3.8) is 0 Å². The van der Waals surface area contributed by atoms with Gasteiger partial charge in [0.25, 0.3) is 0 Å². The van der Waals surface area contributed by atoms with Crippen LogP contribution in [0.25, 0.3) is 5.57 Å². The summed E-state index contributed by atoms with van der Waals surface area (Å²) in [5, 5.41) is 10.9. The summed E-state index contributed by atoms with van der Waals surface area (Å²) in [6, 6.07) is 12.3. The van der Waals surface area contributed by atoms with Crippen LogP contribution in [-0.4, -0.2) is 23.8 Å². The van der Waals surface area contributed by atoms with E-state index in [2.05, 4.69) is 45.0 Å². The van der Waals surface area contributed by atoms with Gasteiger partial charge in [-0.2, -0.15) is 0 Å². The van der Waals surface area contributed by atoms with Gasteiger partial charge in [0.05, 0.1) is 12.7 Å². The molecule has 1 atom stereocenters. The number of ketones is 1. The van der Waals surface area contributed by atoms with Gasteiger partial charge in [-0.1, -0.05) is 31.5 Å². The summed E-state index contributed by atoms with van der Waals surface area (Å²) in [6.07, 6.45) is 3.73. The molecular formula is C26H32O3S. The summed E-state index contributed by atoms with van der Waals surface area (Å²) in [5.74, 6) is 2.35. The zero-order chi connectivity index (χ0) is 21.7. The van der Waals surface area contributed by atoms with Gasteiger partial charge in [0.1, 0.15) is 11.5 Å². The maximum absolute atomic E-state index is 13.1. The molecule has 2 aromatic carbocycles. The third kappa shape index (κ3) is 5.10. The molecule has 30 heavy (non-hydrogen) atoms. The molecule has 3 nitrogen and oxygen atoms in total. The van der Waals surface area contributed by atoms with Gasteiger partial charge in [0.2, 0.25) is 0 Å². The van der Waals surface area contributed by atoms with Gasteiger partial charge in [0, 0.05) is 17.7 Å². The SMILES string of the molecule is CCc1cc(C)cc(CC)c1C1=C(O)CC(CCSc2ccc(OC)cc2)CC1=O. The van der Waals surface area contributed by atoms with Gasteiger partial charge in [-0.15, -0.1) is 11.8 Å². The van der Waals surface area contributed by atoms with Crippen LogP contribution in [0.4, 0.5) is 0 Å². The number of benzene rings is 2. The monoisotopic (exact) mass is 424 g/mol. The molecule has 1 unspecified atom stereocenters. The predicted molar refractivity (Wildman–Crippen MR) is 126 cm³/mol. The highest BCUT2D eigenvalue weighted by Crippen LogP contribution is 2.38. The summed E-state index contributed by atoms with van der Waals surface area (Å²) in [5.41, 5.74) is 5.09. The lowest BCUT2D eigenvalue weighted by molar-refractivity contribution is -0.115. The molecule has 1 aliphatic rings. The first-order valence-electron chi connectivity index (χ1n) is 10.8. The van der Waals surface area contributed by atoms with E-state index in [9.17, 15) is 9.90 Å². The Bertz CT molecular complexity index is 903. The Labute approximate surface area is 184 Å². The Kier molecular flexibility index (Phi) is 7.65. The molecule has 4 heteroatoms. The van der Waals surface area contributed by atoms with Gasteiger partial charge < -0.3 is 9.84 Å². The van der Waals surface area contributed by atoms with Crippen molar-refractivity contribution >= 4 is 23.1 Å². The number of carbonyl (C=O) groups excluding carboxylic acids is 1. The highest BCUT2D eigenvalue weighted by atomic mass is 32.2. The van der Waals surface area contributed by atoms with Crippen LogP contribution in [0.15, 0.2) is 47.1 Å². The van der Waals surface area contributed by atoms with Crippen LogP contribution < -0.4 is 4.74 Å². The Hall–Kier alpha value is -2.20. The highest BCUT2D eigenvalue weighted by Gasteiger charge is 2.30. The number of Topliss-reactive ketones (excluding diaryl/α,β-unsaturated/α-hetero) is 1. The second kappa shape index (κ2) is 10.2. The molecule has 0 saturated heterocycles. The van der Waals surface area contributed by atoms with Crippen LogP contribution in [0, 0.1) is 12.8 Å². The van der Waals surface area contributed by atoms with Crippen LogP contribution in [-0.2, 0) is 17.6 Å². The Morgan fingerprint density at radius 3 is 2.23 bits per heavy atom. The first-order chi connectivity index (χ1) is 14.5. The van der Waals surface area contributed by atoms with Crippen molar-refractivity contribution in [2.45, 2.75) is 57.8 Å². The highest BCUT2D eigenvalue weighted by molar-refractivity contribution is 7.99. The number of hydrogen-bond donors (Lipinski definition) is 1. The smallest absolute Gasteiger partial charge is 0.167 e. The lowest BCUT2D eigenvalue weighted by atomic mass is 9.79. The molecule has 0 bridgehead atoms. The third-order valence-corrected chi connectivity index (χ3v) is 6.88. The molecule has 0 radical (unpaired) electrons. The molecule has 0 aliphatic heterocycles. The van der Waals surface area contributed by atoms with Crippen LogP contribution in [0.2, 0.25) is 0 Å². The van der Waals surface area contributed by atoms with Gasteiger partial charge in [-0.05, 0) is 78.8 Å². The van der Waals surface area contributed by atoms with Gasteiger partial charge in [-0.25, -0.2) is 0 Å². The number of allylic oxidation sites excluding steroid dienone is 2. The molecule has 0 spiro atoms. The standard InChI is InChI=1S/C26H32O3S/c1-5-19-13-17(3)14-20(6-2)25(19)26-23(27)15-18(16-24(26)28)11-12-30-22-9-7-21(29-4)8-10-22/h7-10,13-14,18,27H,5-6,11-12,15-16H2,1-4H3. The summed E-state index contributed by atoms with van der Waals surface area (Å²) in [6.45, 7) is 6.32. The summed E-state index contributed by atoms with van der Waals surface area (Å²) in [4.78, 5) is 14.3. The number of carbonyl (C=O) groups is 1. The van der Waals surface area contributed by atoms with Crippen molar-refractivity contribution < 1.29 is 14.6 Å². The zero-order valence-electron chi connectivity index (χ0n) is 18.5. The third-order valence-electron chi connectivity index (χ3n) is 5.84. The summed E-state index contributed by atoms with van der Waals surface area (Å²) < 4.78 is 5.20. The molecule has 0 aromatic heterocycles. The molecular weight excluding hydrogens is 392 g/mol. The average Bonchev–Trinajstić information content (AvgIpc) is 2.74. The number of rotatable bonds is 8. The number of methoxy groups -OCH3 is 1. The largest absolute Gasteiger partial charge is 0.512 e. The Morgan fingerprint density at radius 2 is 1.70 bits per heavy atom. The van der Waals surface area contributed by atoms with E-state index in [0.717, 1.165) is 47.5 Å². The van der Waals surface area contributed by atoms with Crippen molar-refractivity contribution in [2.24, 2.45) is 5.92 Å². The van der Waals surface area contributed by atoms with Crippen LogP contribution in [0.3, 0.4) is 0 Å². The normalized spacial score (nSPS) is 16.8. The van der Waals surface area contributed by atoms with Crippen molar-refractivity contribution in [2.75, 3.05) is 12.9 Å². The molecule has 3 rings (SSSR count). The fourth-order valence-corrected chi connectivity index (χ4v) is 5.31. The molecule has 1 N–H and O–H groups in total. The van der Waals surface area contributed by atoms with Gasteiger partial charge in [-0.3, -0.25) is 4.79 Å². The fraction of sp³-hybridized carbons (Fsp3) is 0.423. The number of aryl methyl sites for hydroxylation is 3. The van der Waals surface area contributed by atoms with E-state index in [0.29, 0.717) is 18.4 Å². The van der Waals surface area contributed by atoms with Crippen molar-refractivity contribution in [3.8, 4) is 5.75 Å². The predicted octanol–water partition coefficient (Wildman–Crippen LogP) is 6.56. The molecule has 1 aliphatic carbocycles. The maximum atomic E-state index is 13.1. The second-order valence-corrected chi connectivity index (χ2v) is 9.17. The lowest BCUT2D eigenvalue weighted by Gasteiger charge is -2.26. The number of aliphatic hydroxyl groups is 1. The minimum absolute atomic E-state index is 0.0893. The Morgan fingerprint density at radius 1 is 1.07 bits per heavy atom. The van der Waals surface area contributed by atoms with E-state index in [1.807, 2.05) is 12.1 Å². The van der Waals surface area contributed by atoms with Crippen LogP contribution in [0.5, 0.6) is 5.75 Å². The van der Waals surface area contributed by atoms with Crippen LogP contribution >= 0.6 is 11.8 Å². The van der Waals surface area contributed by atoms with Crippen LogP contribution in [0.1, 0.15) is 55.4 Å². The van der Waals surface area contributed by atoms with E-state index in [4.69, 9.17) is 4.74 Å². The average molecular weight is 425 g/mol. The van der Waals surface area contributed by atoms with Gasteiger partial charge >= 0.3 is 0 Å². The topological polar surface area (TPSA) is 46.5 Å². The minimum atomic E-state index is 0.0893. The molecule has 0 heterocycles. The number of hydrogen-bond acceptors (Lipinski definition) is 4. The molecule has 160 valence electrons. The van der Waals surface area contributed by atoms with Gasteiger partial charge in [0.15, 0.2) is 5.78 Å². The van der Waals surface area contributed by atoms with E-state index >= 15 is 0 Å². The van der Waals surface area contributed by atoms with E-state index in [1.165, 1.54) is 10.5 Å². The summed E-state index contributed by atoms with van der Waals surface area (Å²) in [7, 11) is 1.67. The Balaban J connectivity index is 1.72. The maximum Gasteiger partial charge on any atom is 0.167 e. The molecule has 0 saturated carbocycles. The summed E-state index contributed by atoms with van der Waals surface area (Å²) >= 11 is 1.78. The van der Waals surface area contributed by atoms with E-state index < -0.39 is 0 Å². The first-order valence-corrected chi connectivity index (χ1v) is 11.8. The van der Waals surface area contributed by atoms with E-state index in [1.54, 1.807) is 18.9 Å². The van der Waals surface area contributed by atoms with Crippen molar-refractivity contribution in [1.29, 1.82) is 0 Å². The molecule has 0 fully saturated rings. The van der Waals surface area contributed by atoms with Crippen molar-refractivity contribution in [1.82, 2.24) is 0 Å². The number of ether oxygens (including phenoxy) is 1.